The van der Waals surface area contributed by atoms with Gasteiger partial charge in [-0.25, -0.2) is 0 Å². The lowest BCUT2D eigenvalue weighted by atomic mass is 10.1. The van der Waals surface area contributed by atoms with E-state index in [2.05, 4.69) is 5.32 Å². The van der Waals surface area contributed by atoms with Crippen molar-refractivity contribution >= 4 is 5.91 Å². The van der Waals surface area contributed by atoms with Crippen LogP contribution in [-0.2, 0) is 9.53 Å². The van der Waals surface area contributed by atoms with Gasteiger partial charge in [0.15, 0.2) is 0 Å². The van der Waals surface area contributed by atoms with E-state index in [1.807, 2.05) is 37.3 Å². The van der Waals surface area contributed by atoms with Crippen LogP contribution in [0.3, 0.4) is 0 Å². The summed E-state index contributed by atoms with van der Waals surface area (Å²) in [6, 6.07) is 9.35. The van der Waals surface area contributed by atoms with Crippen LogP contribution >= 0.6 is 0 Å². The van der Waals surface area contributed by atoms with Crippen LogP contribution in [-0.4, -0.2) is 25.7 Å². The van der Waals surface area contributed by atoms with Crippen LogP contribution < -0.4 is 11.1 Å². The Morgan fingerprint density at radius 1 is 1.39 bits per heavy atom. The molecule has 0 aliphatic heterocycles. The summed E-state index contributed by atoms with van der Waals surface area (Å²) in [5, 5.41) is 2.92. The summed E-state index contributed by atoms with van der Waals surface area (Å²) < 4.78 is 4.94. The highest BCUT2D eigenvalue weighted by Gasteiger charge is 2.15. The van der Waals surface area contributed by atoms with E-state index in [0.717, 1.165) is 12.0 Å². The maximum atomic E-state index is 11.8. The van der Waals surface area contributed by atoms with Gasteiger partial charge in [0.25, 0.3) is 0 Å². The molecule has 0 aromatic heterocycles. The first-order chi connectivity index (χ1) is 8.65. The van der Waals surface area contributed by atoms with Gasteiger partial charge in [-0.3, -0.25) is 4.79 Å². The van der Waals surface area contributed by atoms with Crippen LogP contribution in [0.1, 0.15) is 31.4 Å². The third-order valence-corrected chi connectivity index (χ3v) is 2.86. The molecule has 0 bridgehead atoms. The zero-order chi connectivity index (χ0) is 13.4. The van der Waals surface area contributed by atoms with Crippen molar-refractivity contribution in [2.75, 3.05) is 13.7 Å². The number of hydrogen-bond acceptors (Lipinski definition) is 3. The number of rotatable bonds is 7. The molecule has 3 N–H and O–H groups in total. The number of carbonyl (C=O) groups excluding carboxylic acids is 1. The molecule has 0 fully saturated rings. The number of nitrogens with one attached hydrogen (secondary N) is 1. The van der Waals surface area contributed by atoms with Crippen molar-refractivity contribution in [1.29, 1.82) is 0 Å². The maximum absolute atomic E-state index is 11.8. The van der Waals surface area contributed by atoms with E-state index >= 15 is 0 Å². The Bertz CT molecular complexity index is 354. The number of carbonyl (C=O) groups is 1. The van der Waals surface area contributed by atoms with Gasteiger partial charge < -0.3 is 15.8 Å². The van der Waals surface area contributed by atoms with Crippen LogP contribution in [0.15, 0.2) is 30.3 Å². The quantitative estimate of drug-likeness (QED) is 0.723. The summed E-state index contributed by atoms with van der Waals surface area (Å²) in [5.41, 5.74) is 6.90. The van der Waals surface area contributed by atoms with E-state index in [9.17, 15) is 4.79 Å². The molecule has 1 amide bonds. The van der Waals surface area contributed by atoms with Crippen molar-refractivity contribution in [2.24, 2.45) is 5.73 Å². The Kier molecular flexibility index (Phi) is 6.39. The molecule has 0 radical (unpaired) electrons. The highest BCUT2D eigenvalue weighted by molar-refractivity contribution is 5.81. The molecule has 1 unspecified atom stereocenters. The minimum absolute atomic E-state index is 0.0211. The summed E-state index contributed by atoms with van der Waals surface area (Å²) in [7, 11) is 1.64. The second-order valence-corrected chi connectivity index (χ2v) is 4.38. The van der Waals surface area contributed by atoms with Gasteiger partial charge >= 0.3 is 0 Å². The summed E-state index contributed by atoms with van der Waals surface area (Å²) in [4.78, 5) is 11.8. The molecule has 1 rings (SSSR count). The highest BCUT2D eigenvalue weighted by Crippen LogP contribution is 2.11. The van der Waals surface area contributed by atoms with Gasteiger partial charge in [0.05, 0.1) is 12.1 Å². The molecule has 0 saturated carbocycles. The number of methoxy groups -OCH3 is 1. The molecule has 4 nitrogen and oxygen atoms in total. The number of hydrogen-bond donors (Lipinski definition) is 2. The third-order valence-electron chi connectivity index (χ3n) is 2.86. The lowest BCUT2D eigenvalue weighted by Crippen LogP contribution is -2.41. The topological polar surface area (TPSA) is 64.3 Å². The van der Waals surface area contributed by atoms with Crippen molar-refractivity contribution in [3.05, 3.63) is 35.9 Å². The average molecular weight is 250 g/mol. The van der Waals surface area contributed by atoms with E-state index in [0.29, 0.717) is 13.0 Å². The van der Waals surface area contributed by atoms with Crippen molar-refractivity contribution in [3.8, 4) is 0 Å². The summed E-state index contributed by atoms with van der Waals surface area (Å²) in [6.45, 7) is 2.59. The zero-order valence-electron chi connectivity index (χ0n) is 11.1. The van der Waals surface area contributed by atoms with Crippen molar-refractivity contribution < 1.29 is 9.53 Å². The van der Waals surface area contributed by atoms with Gasteiger partial charge in [-0.2, -0.15) is 0 Å². The number of nitrogens with two attached hydrogens (primary N) is 1. The van der Waals surface area contributed by atoms with Crippen LogP contribution in [0.5, 0.6) is 0 Å². The first-order valence-electron chi connectivity index (χ1n) is 6.25. The Hall–Kier alpha value is -1.39. The number of amides is 1. The van der Waals surface area contributed by atoms with Crippen LogP contribution in [0.4, 0.5) is 0 Å². The predicted octanol–water partition coefficient (Wildman–Crippen LogP) is 1.62. The fraction of sp³-hybridized carbons (Fsp3) is 0.500. The van der Waals surface area contributed by atoms with Gasteiger partial charge in [0.2, 0.25) is 5.91 Å². The van der Waals surface area contributed by atoms with E-state index in [1.54, 1.807) is 7.11 Å². The van der Waals surface area contributed by atoms with E-state index in [-0.39, 0.29) is 11.9 Å². The monoisotopic (exact) mass is 250 g/mol. The Morgan fingerprint density at radius 2 is 2.06 bits per heavy atom. The second kappa shape index (κ2) is 7.84. The van der Waals surface area contributed by atoms with Gasteiger partial charge in [-0.15, -0.1) is 0 Å². The van der Waals surface area contributed by atoms with Crippen molar-refractivity contribution in [2.45, 2.75) is 31.8 Å². The predicted molar refractivity (Wildman–Crippen MR) is 72.1 cm³/mol. The molecule has 2 atom stereocenters. The molecule has 4 heteroatoms. The Morgan fingerprint density at radius 3 is 2.67 bits per heavy atom. The minimum atomic E-state index is -0.466. The first-order valence-corrected chi connectivity index (χ1v) is 6.25. The smallest absolute Gasteiger partial charge is 0.237 e. The molecule has 100 valence electrons. The van der Waals surface area contributed by atoms with Gasteiger partial charge in [-0.1, -0.05) is 30.3 Å². The fourth-order valence-corrected chi connectivity index (χ4v) is 1.72. The Labute approximate surface area is 109 Å². The maximum Gasteiger partial charge on any atom is 0.237 e. The molecule has 0 aliphatic rings. The Balaban J connectivity index is 2.39. The standard InChI is InChI=1S/C14H22N2O2/c1-11(12-7-4-3-5-8-12)16-14(17)13(15)9-6-10-18-2/h3-5,7-8,11,13H,6,9-10,15H2,1-2H3,(H,16,17)/t11-,13?/m0/s1. The number of ether oxygens (including phenoxy) is 1. The van der Waals surface area contributed by atoms with Gasteiger partial charge in [0.1, 0.15) is 0 Å². The average Bonchev–Trinajstić information content (AvgIpc) is 2.39. The largest absolute Gasteiger partial charge is 0.385 e. The van der Waals surface area contributed by atoms with E-state index in [4.69, 9.17) is 10.5 Å². The second-order valence-electron chi connectivity index (χ2n) is 4.38. The van der Waals surface area contributed by atoms with Gasteiger partial charge in [0, 0.05) is 13.7 Å². The molecule has 0 heterocycles. The minimum Gasteiger partial charge on any atom is -0.385 e. The van der Waals surface area contributed by atoms with Crippen molar-refractivity contribution in [3.63, 3.8) is 0 Å². The fourth-order valence-electron chi connectivity index (χ4n) is 1.72. The molecule has 0 spiro atoms. The number of benzene rings is 1. The zero-order valence-corrected chi connectivity index (χ0v) is 11.1. The third kappa shape index (κ3) is 4.85. The SMILES string of the molecule is COCCCC(N)C(=O)N[C@@H](C)c1ccccc1. The van der Waals surface area contributed by atoms with E-state index in [1.165, 1.54) is 0 Å². The molecule has 0 saturated heterocycles. The van der Waals surface area contributed by atoms with Crippen LogP contribution in [0.2, 0.25) is 0 Å². The summed E-state index contributed by atoms with van der Waals surface area (Å²) >= 11 is 0. The molecule has 18 heavy (non-hydrogen) atoms. The summed E-state index contributed by atoms with van der Waals surface area (Å²) in [5.74, 6) is -0.109. The lowest BCUT2D eigenvalue weighted by molar-refractivity contribution is -0.123. The summed E-state index contributed by atoms with van der Waals surface area (Å²) in [6.07, 6.45) is 1.44. The molecular formula is C14H22N2O2. The van der Waals surface area contributed by atoms with Crippen LogP contribution in [0, 0.1) is 0 Å². The van der Waals surface area contributed by atoms with Crippen LogP contribution in [0.25, 0.3) is 0 Å². The highest BCUT2D eigenvalue weighted by atomic mass is 16.5. The molecule has 0 aliphatic carbocycles. The van der Waals surface area contributed by atoms with Crippen molar-refractivity contribution in [1.82, 2.24) is 5.32 Å². The first kappa shape index (κ1) is 14.7. The molecule has 1 aromatic rings. The normalized spacial score (nSPS) is 13.9. The van der Waals surface area contributed by atoms with E-state index < -0.39 is 6.04 Å². The molecule has 1 aromatic carbocycles. The lowest BCUT2D eigenvalue weighted by Gasteiger charge is -2.17. The van der Waals surface area contributed by atoms with Gasteiger partial charge in [-0.05, 0) is 25.3 Å². The molecular weight excluding hydrogens is 228 g/mol.